The normalized spacial score (nSPS) is 11.5. The lowest BCUT2D eigenvalue weighted by molar-refractivity contribution is -0.143. The van der Waals surface area contributed by atoms with Crippen LogP contribution in [-0.4, -0.2) is 54.6 Å². The minimum Gasteiger partial charge on any atom is -0.493 e. The Morgan fingerprint density at radius 2 is 1.56 bits per heavy atom. The molecule has 0 atom stereocenters. The number of hydrogen-bond acceptors (Lipinski definition) is 11. The number of hydrogen-bond donors (Lipinski definition) is 1. The summed E-state index contributed by atoms with van der Waals surface area (Å²) >= 11 is 0. The van der Waals surface area contributed by atoms with Crippen LogP contribution in [-0.2, 0) is 25.0 Å². The Labute approximate surface area is 250 Å². The maximum atomic E-state index is 13.6. The summed E-state index contributed by atoms with van der Waals surface area (Å²) in [7, 11) is -2.71. The van der Waals surface area contributed by atoms with Crippen LogP contribution in [0.1, 0.15) is 39.7 Å². The van der Waals surface area contributed by atoms with Gasteiger partial charge in [-0.3, -0.25) is 9.52 Å². The molecule has 2 aromatic heterocycles. The van der Waals surface area contributed by atoms with E-state index in [1.807, 2.05) is 20.8 Å². The number of sulfonamides is 1. The average molecular weight is 608 g/mol. The highest BCUT2D eigenvalue weighted by Gasteiger charge is 2.26. The molecule has 0 aliphatic carbocycles. The molecule has 0 spiro atoms. The predicted molar refractivity (Wildman–Crippen MR) is 159 cm³/mol. The third-order valence-electron chi connectivity index (χ3n) is 6.02. The first kappa shape index (κ1) is 31.2. The van der Waals surface area contributed by atoms with Crippen LogP contribution in [0.25, 0.3) is 11.6 Å². The summed E-state index contributed by atoms with van der Waals surface area (Å²) in [6, 6.07) is 15.0. The van der Waals surface area contributed by atoms with Crippen molar-refractivity contribution >= 4 is 21.8 Å². The van der Waals surface area contributed by atoms with E-state index in [9.17, 15) is 13.2 Å². The molecule has 0 bridgehead atoms. The third-order valence-corrected chi connectivity index (χ3v) is 7.37. The van der Waals surface area contributed by atoms with Gasteiger partial charge in [-0.1, -0.05) is 52.0 Å². The van der Waals surface area contributed by atoms with E-state index < -0.39 is 16.0 Å². The monoisotopic (exact) mass is 607 g/mol. The van der Waals surface area contributed by atoms with Crippen molar-refractivity contribution < 1.29 is 32.2 Å². The second-order valence-electron chi connectivity index (χ2n) is 10.2. The molecule has 226 valence electrons. The fraction of sp³-hybridized carbons (Fsp3) is 0.300. The molecule has 0 saturated heterocycles. The summed E-state index contributed by atoms with van der Waals surface area (Å²) in [4.78, 5) is 28.9. The lowest BCUT2D eigenvalue weighted by Gasteiger charge is -2.20. The van der Waals surface area contributed by atoms with Gasteiger partial charge >= 0.3 is 5.97 Å². The van der Waals surface area contributed by atoms with Crippen molar-refractivity contribution in [1.29, 1.82) is 0 Å². The SMILES string of the molecule is CCC(=O)OCCOc1nc(-c2ncccn2)nc(NS(=O)(=O)c2ccc(C(C)(C)C)cc2)c1Oc1ccccc1OC. The Balaban J connectivity index is 1.82. The molecule has 4 aromatic rings. The number of nitrogens with one attached hydrogen (secondary N) is 1. The topological polar surface area (TPSA) is 152 Å². The molecule has 1 N–H and O–H groups in total. The highest BCUT2D eigenvalue weighted by atomic mass is 32.2. The van der Waals surface area contributed by atoms with Gasteiger partial charge in [0.2, 0.25) is 11.6 Å². The second kappa shape index (κ2) is 13.5. The summed E-state index contributed by atoms with van der Waals surface area (Å²) in [5.41, 5.74) is 0.803. The molecule has 4 rings (SSSR count). The van der Waals surface area contributed by atoms with Gasteiger partial charge in [-0.05, 0) is 41.3 Å². The summed E-state index contributed by atoms with van der Waals surface area (Å²) in [5.74, 6) is -0.234. The zero-order chi connectivity index (χ0) is 31.0. The van der Waals surface area contributed by atoms with Gasteiger partial charge in [-0.2, -0.15) is 4.98 Å². The molecule has 0 amide bonds. The average Bonchev–Trinajstić information content (AvgIpc) is 3.00. The van der Waals surface area contributed by atoms with E-state index >= 15 is 0 Å². The molecule has 0 aliphatic rings. The van der Waals surface area contributed by atoms with E-state index in [4.69, 9.17) is 18.9 Å². The minimum atomic E-state index is -4.18. The fourth-order valence-corrected chi connectivity index (χ4v) is 4.74. The van der Waals surface area contributed by atoms with Crippen LogP contribution in [0.2, 0.25) is 0 Å². The van der Waals surface area contributed by atoms with Crippen molar-refractivity contribution in [2.24, 2.45) is 0 Å². The third kappa shape index (κ3) is 7.95. The van der Waals surface area contributed by atoms with Crippen LogP contribution in [0.5, 0.6) is 23.1 Å². The van der Waals surface area contributed by atoms with Crippen LogP contribution < -0.4 is 18.9 Å². The van der Waals surface area contributed by atoms with Crippen LogP contribution >= 0.6 is 0 Å². The van der Waals surface area contributed by atoms with Crippen molar-refractivity contribution in [3.8, 4) is 34.8 Å². The van der Waals surface area contributed by atoms with E-state index in [1.54, 1.807) is 49.4 Å². The van der Waals surface area contributed by atoms with Gasteiger partial charge in [0.05, 0.1) is 12.0 Å². The maximum absolute atomic E-state index is 13.6. The van der Waals surface area contributed by atoms with Crippen molar-refractivity contribution in [3.05, 3.63) is 72.6 Å². The number of carbonyl (C=O) groups is 1. The van der Waals surface area contributed by atoms with Gasteiger partial charge in [0.15, 0.2) is 23.1 Å². The summed E-state index contributed by atoms with van der Waals surface area (Å²) in [6.07, 6.45) is 3.19. The number of benzene rings is 2. The van der Waals surface area contributed by atoms with Crippen molar-refractivity contribution in [1.82, 2.24) is 19.9 Å². The van der Waals surface area contributed by atoms with Crippen LogP contribution in [0.15, 0.2) is 71.9 Å². The lowest BCUT2D eigenvalue weighted by atomic mass is 9.87. The summed E-state index contributed by atoms with van der Waals surface area (Å²) in [6.45, 7) is 7.59. The molecule has 0 fully saturated rings. The Bertz CT molecular complexity index is 1660. The lowest BCUT2D eigenvalue weighted by Crippen LogP contribution is -2.18. The number of rotatable bonds is 12. The number of carbonyl (C=O) groups excluding carboxylic acids is 1. The number of nitrogens with zero attached hydrogens (tertiary/aromatic N) is 4. The van der Waals surface area contributed by atoms with Gasteiger partial charge in [0, 0.05) is 18.8 Å². The summed E-state index contributed by atoms with van der Waals surface area (Å²) in [5, 5.41) is 0. The molecule has 43 heavy (non-hydrogen) atoms. The van der Waals surface area contributed by atoms with Gasteiger partial charge < -0.3 is 18.9 Å². The van der Waals surface area contributed by atoms with Crippen molar-refractivity contribution in [2.75, 3.05) is 25.0 Å². The maximum Gasteiger partial charge on any atom is 0.305 e. The first-order valence-corrected chi connectivity index (χ1v) is 14.9. The molecule has 0 radical (unpaired) electrons. The molecule has 0 unspecified atom stereocenters. The summed E-state index contributed by atoms with van der Waals surface area (Å²) < 4.78 is 52.3. The van der Waals surface area contributed by atoms with Gasteiger partial charge in [-0.15, -0.1) is 0 Å². The number of ether oxygens (including phenoxy) is 4. The van der Waals surface area contributed by atoms with Gasteiger partial charge in [0.1, 0.15) is 13.2 Å². The fourth-order valence-electron chi connectivity index (χ4n) is 3.73. The first-order chi connectivity index (χ1) is 20.5. The highest BCUT2D eigenvalue weighted by molar-refractivity contribution is 7.92. The van der Waals surface area contributed by atoms with Gasteiger partial charge in [-0.25, -0.2) is 23.4 Å². The first-order valence-electron chi connectivity index (χ1n) is 13.4. The predicted octanol–water partition coefficient (Wildman–Crippen LogP) is 5.16. The Kier molecular flexibility index (Phi) is 9.76. The zero-order valence-electron chi connectivity index (χ0n) is 24.5. The molecule has 12 nitrogen and oxygen atoms in total. The second-order valence-corrected chi connectivity index (χ2v) is 11.8. The molecule has 0 saturated carbocycles. The molecular formula is C30H33N5O7S. The van der Waals surface area contributed by atoms with E-state index in [0.717, 1.165) is 5.56 Å². The van der Waals surface area contributed by atoms with Gasteiger partial charge in [0.25, 0.3) is 15.9 Å². The van der Waals surface area contributed by atoms with E-state index in [1.165, 1.54) is 31.6 Å². The Hall–Kier alpha value is -4.78. The Morgan fingerprint density at radius 3 is 2.19 bits per heavy atom. The molecule has 13 heteroatoms. The smallest absolute Gasteiger partial charge is 0.305 e. The zero-order valence-corrected chi connectivity index (χ0v) is 25.3. The number of para-hydroxylation sites is 2. The van der Waals surface area contributed by atoms with Crippen LogP contribution in [0.4, 0.5) is 5.82 Å². The standard InChI is InChI=1S/C30H33N5O7S/c1-6-24(36)40-18-19-41-29-25(42-23-11-8-7-10-22(23)39-5)26(33-28(34-29)27-31-16-9-17-32-27)35-43(37,38)21-14-12-20(13-15-21)30(2,3)4/h7-17H,6,18-19H2,1-5H3,(H,33,34,35). The molecule has 0 aliphatic heterocycles. The minimum absolute atomic E-state index is 0.00816. The number of aromatic nitrogens is 4. The number of anilines is 1. The quantitative estimate of drug-likeness (QED) is 0.168. The van der Waals surface area contributed by atoms with Crippen molar-refractivity contribution in [2.45, 2.75) is 44.4 Å². The highest BCUT2D eigenvalue weighted by Crippen LogP contribution is 2.41. The van der Waals surface area contributed by atoms with E-state index in [2.05, 4.69) is 24.7 Å². The van der Waals surface area contributed by atoms with E-state index in [-0.39, 0.29) is 64.8 Å². The van der Waals surface area contributed by atoms with E-state index in [0.29, 0.717) is 5.75 Å². The largest absolute Gasteiger partial charge is 0.493 e. The van der Waals surface area contributed by atoms with Crippen LogP contribution in [0.3, 0.4) is 0 Å². The van der Waals surface area contributed by atoms with Crippen LogP contribution in [0, 0.1) is 0 Å². The number of methoxy groups -OCH3 is 1. The Morgan fingerprint density at radius 1 is 0.884 bits per heavy atom. The van der Waals surface area contributed by atoms with Crippen molar-refractivity contribution in [3.63, 3.8) is 0 Å². The molecule has 2 heterocycles. The molecular weight excluding hydrogens is 574 g/mol. The molecule has 2 aromatic carbocycles. The number of esters is 1.